The molecule has 0 unspecified atom stereocenters. The lowest BCUT2D eigenvalue weighted by Crippen LogP contribution is -2.33. The van der Waals surface area contributed by atoms with E-state index in [0.717, 1.165) is 36.2 Å². The zero-order valence-electron chi connectivity index (χ0n) is 11.7. The average molecular weight is 329 g/mol. The van der Waals surface area contributed by atoms with Crippen molar-refractivity contribution in [1.29, 1.82) is 0 Å². The molecule has 4 nitrogen and oxygen atoms in total. The summed E-state index contributed by atoms with van der Waals surface area (Å²) in [5, 5.41) is 9.30. The number of benzene rings is 1. The Kier molecular flexibility index (Phi) is 6.31. The SMILES string of the molecule is CCCN(CCN(C)C)c1cc(Br)ccc1C(=O)O. The number of hydrogen-bond donors (Lipinski definition) is 1. The second kappa shape index (κ2) is 7.50. The highest BCUT2D eigenvalue weighted by molar-refractivity contribution is 9.10. The van der Waals surface area contributed by atoms with Crippen molar-refractivity contribution >= 4 is 27.6 Å². The maximum absolute atomic E-state index is 11.3. The molecular formula is C14H21BrN2O2. The van der Waals surface area contributed by atoms with Crippen LogP contribution in [0.3, 0.4) is 0 Å². The molecule has 0 spiro atoms. The van der Waals surface area contributed by atoms with E-state index in [1.165, 1.54) is 0 Å². The highest BCUT2D eigenvalue weighted by atomic mass is 79.9. The van der Waals surface area contributed by atoms with Gasteiger partial charge < -0.3 is 14.9 Å². The first-order valence-electron chi connectivity index (χ1n) is 6.38. The molecule has 0 heterocycles. The maximum Gasteiger partial charge on any atom is 0.337 e. The first kappa shape index (κ1) is 16.0. The van der Waals surface area contributed by atoms with E-state index in [4.69, 9.17) is 0 Å². The number of carboxylic acid groups (broad SMARTS) is 1. The largest absolute Gasteiger partial charge is 0.478 e. The second-order valence-electron chi connectivity index (χ2n) is 4.76. The second-order valence-corrected chi connectivity index (χ2v) is 5.67. The molecule has 0 bridgehead atoms. The zero-order valence-corrected chi connectivity index (χ0v) is 13.3. The van der Waals surface area contributed by atoms with Crippen LogP contribution in [-0.4, -0.2) is 49.7 Å². The Labute approximate surface area is 123 Å². The van der Waals surface area contributed by atoms with Gasteiger partial charge in [-0.05, 0) is 38.7 Å². The van der Waals surface area contributed by atoms with Crippen LogP contribution in [0.2, 0.25) is 0 Å². The van der Waals surface area contributed by atoms with E-state index < -0.39 is 5.97 Å². The first-order valence-corrected chi connectivity index (χ1v) is 7.17. The van der Waals surface area contributed by atoms with Crippen molar-refractivity contribution in [2.75, 3.05) is 38.6 Å². The number of aromatic carboxylic acids is 1. The Morgan fingerprint density at radius 2 is 1.95 bits per heavy atom. The van der Waals surface area contributed by atoms with Crippen LogP contribution in [0, 0.1) is 0 Å². The van der Waals surface area contributed by atoms with E-state index in [1.807, 2.05) is 20.2 Å². The van der Waals surface area contributed by atoms with Gasteiger partial charge in [-0.3, -0.25) is 0 Å². The van der Waals surface area contributed by atoms with Gasteiger partial charge in [0.15, 0.2) is 0 Å². The summed E-state index contributed by atoms with van der Waals surface area (Å²) >= 11 is 3.41. The number of likely N-dealkylation sites (N-methyl/N-ethyl adjacent to an activating group) is 1. The van der Waals surface area contributed by atoms with Crippen LogP contribution in [-0.2, 0) is 0 Å². The highest BCUT2D eigenvalue weighted by Crippen LogP contribution is 2.25. The van der Waals surface area contributed by atoms with Crippen LogP contribution < -0.4 is 4.90 Å². The number of nitrogens with zero attached hydrogens (tertiary/aromatic N) is 2. The fourth-order valence-electron chi connectivity index (χ4n) is 1.89. The van der Waals surface area contributed by atoms with E-state index in [2.05, 4.69) is 32.7 Å². The quantitative estimate of drug-likeness (QED) is 0.835. The van der Waals surface area contributed by atoms with Gasteiger partial charge in [-0.15, -0.1) is 0 Å². The van der Waals surface area contributed by atoms with Crippen molar-refractivity contribution in [1.82, 2.24) is 4.90 Å². The molecule has 0 atom stereocenters. The van der Waals surface area contributed by atoms with Crippen molar-refractivity contribution in [3.63, 3.8) is 0 Å². The number of carboxylic acids is 1. The Morgan fingerprint density at radius 1 is 1.26 bits per heavy atom. The molecule has 1 rings (SSSR count). The van der Waals surface area contributed by atoms with Gasteiger partial charge in [0.05, 0.1) is 11.3 Å². The van der Waals surface area contributed by atoms with Crippen LogP contribution in [0.25, 0.3) is 0 Å². The Hall–Kier alpha value is -1.07. The molecule has 19 heavy (non-hydrogen) atoms. The average Bonchev–Trinajstić information content (AvgIpc) is 2.33. The number of rotatable bonds is 7. The van der Waals surface area contributed by atoms with Crippen molar-refractivity contribution in [3.05, 3.63) is 28.2 Å². The van der Waals surface area contributed by atoms with Crippen LogP contribution in [0.1, 0.15) is 23.7 Å². The molecule has 0 saturated carbocycles. The van der Waals surface area contributed by atoms with Crippen molar-refractivity contribution in [2.24, 2.45) is 0 Å². The lowest BCUT2D eigenvalue weighted by molar-refractivity contribution is 0.0697. The molecule has 1 aromatic carbocycles. The van der Waals surface area contributed by atoms with Crippen molar-refractivity contribution in [3.8, 4) is 0 Å². The summed E-state index contributed by atoms with van der Waals surface area (Å²) in [6.07, 6.45) is 0.985. The van der Waals surface area contributed by atoms with Gasteiger partial charge in [0, 0.05) is 24.1 Å². The third kappa shape index (κ3) is 4.84. The Bertz CT molecular complexity index is 435. The topological polar surface area (TPSA) is 43.8 Å². The summed E-state index contributed by atoms with van der Waals surface area (Å²) < 4.78 is 0.901. The fourth-order valence-corrected chi connectivity index (χ4v) is 2.24. The monoisotopic (exact) mass is 328 g/mol. The molecule has 0 aromatic heterocycles. The molecule has 0 aliphatic heterocycles. The van der Waals surface area contributed by atoms with E-state index in [-0.39, 0.29) is 0 Å². The van der Waals surface area contributed by atoms with Gasteiger partial charge >= 0.3 is 5.97 Å². The minimum atomic E-state index is -0.881. The summed E-state index contributed by atoms with van der Waals surface area (Å²) in [5.74, 6) is -0.881. The molecule has 0 saturated heterocycles. The van der Waals surface area contributed by atoms with Crippen LogP contribution in [0.15, 0.2) is 22.7 Å². The molecule has 106 valence electrons. The van der Waals surface area contributed by atoms with E-state index in [1.54, 1.807) is 12.1 Å². The molecule has 0 radical (unpaired) electrons. The third-order valence-corrected chi connectivity index (χ3v) is 3.33. The van der Waals surface area contributed by atoms with Gasteiger partial charge in [0.2, 0.25) is 0 Å². The van der Waals surface area contributed by atoms with Gasteiger partial charge in [-0.25, -0.2) is 4.79 Å². The molecule has 0 aliphatic carbocycles. The summed E-state index contributed by atoms with van der Waals surface area (Å²) in [4.78, 5) is 15.6. The van der Waals surface area contributed by atoms with Crippen LogP contribution in [0.4, 0.5) is 5.69 Å². The lowest BCUT2D eigenvalue weighted by atomic mass is 10.1. The van der Waals surface area contributed by atoms with Crippen LogP contribution in [0.5, 0.6) is 0 Å². The van der Waals surface area contributed by atoms with Crippen molar-refractivity contribution < 1.29 is 9.90 Å². The number of hydrogen-bond acceptors (Lipinski definition) is 3. The number of anilines is 1. The summed E-state index contributed by atoms with van der Waals surface area (Å²) in [7, 11) is 4.03. The normalized spacial score (nSPS) is 10.8. The predicted octanol–water partition coefficient (Wildman–Crippen LogP) is 2.93. The molecule has 5 heteroatoms. The molecule has 0 aliphatic rings. The van der Waals surface area contributed by atoms with Gasteiger partial charge in [0.25, 0.3) is 0 Å². The fraction of sp³-hybridized carbons (Fsp3) is 0.500. The van der Waals surface area contributed by atoms with Gasteiger partial charge in [0.1, 0.15) is 0 Å². The predicted molar refractivity (Wildman–Crippen MR) is 82.2 cm³/mol. The number of halogens is 1. The molecule has 1 N–H and O–H groups in total. The maximum atomic E-state index is 11.3. The zero-order chi connectivity index (χ0) is 14.4. The Morgan fingerprint density at radius 3 is 2.47 bits per heavy atom. The van der Waals surface area contributed by atoms with E-state index in [0.29, 0.717) is 5.56 Å². The molecule has 0 amide bonds. The summed E-state index contributed by atoms with van der Waals surface area (Å²) in [5.41, 5.74) is 1.14. The highest BCUT2D eigenvalue weighted by Gasteiger charge is 2.16. The van der Waals surface area contributed by atoms with Gasteiger partial charge in [-0.2, -0.15) is 0 Å². The van der Waals surface area contributed by atoms with Crippen molar-refractivity contribution in [2.45, 2.75) is 13.3 Å². The third-order valence-electron chi connectivity index (χ3n) is 2.84. The smallest absolute Gasteiger partial charge is 0.337 e. The minimum Gasteiger partial charge on any atom is -0.478 e. The van der Waals surface area contributed by atoms with E-state index >= 15 is 0 Å². The first-order chi connectivity index (χ1) is 8.95. The number of carbonyl (C=O) groups is 1. The van der Waals surface area contributed by atoms with E-state index in [9.17, 15) is 9.90 Å². The Balaban J connectivity index is 3.05. The molecular weight excluding hydrogens is 308 g/mol. The standard InChI is InChI=1S/C14H21BrN2O2/c1-4-7-17(9-8-16(2)3)13-10-11(15)5-6-12(13)14(18)19/h5-6,10H,4,7-9H2,1-3H3,(H,18,19). The minimum absolute atomic E-state index is 0.357. The summed E-state index contributed by atoms with van der Waals surface area (Å²) in [6, 6.07) is 5.30. The molecule has 1 aromatic rings. The lowest BCUT2D eigenvalue weighted by Gasteiger charge is -2.27. The van der Waals surface area contributed by atoms with Crippen LogP contribution >= 0.6 is 15.9 Å². The van der Waals surface area contributed by atoms with Gasteiger partial charge in [-0.1, -0.05) is 22.9 Å². The molecule has 0 fully saturated rings. The summed E-state index contributed by atoms with van der Waals surface area (Å²) in [6.45, 7) is 4.66.